The lowest BCUT2D eigenvalue weighted by Crippen LogP contribution is -2.50. The Balaban J connectivity index is 0.00000225. The number of nitrogens with zero attached hydrogens (tertiary/aromatic N) is 3. The molecule has 2 aromatic rings. The predicted octanol–water partition coefficient (Wildman–Crippen LogP) is 2.56. The number of hydrogen-bond donors (Lipinski definition) is 1. The molecule has 1 atom stereocenters. The number of imidazole rings is 1. The molecule has 1 aliphatic rings. The minimum Gasteiger partial charge on any atom is -0.336 e. The minimum absolute atomic E-state index is 0. The van der Waals surface area contributed by atoms with Crippen molar-refractivity contribution in [1.82, 2.24) is 19.8 Å². The van der Waals surface area contributed by atoms with Gasteiger partial charge in [-0.2, -0.15) is 0 Å². The Kier molecular flexibility index (Phi) is 7.35. The third-order valence-electron chi connectivity index (χ3n) is 4.34. The number of aromatic nitrogens is 2. The minimum atomic E-state index is 0. The van der Waals surface area contributed by atoms with Crippen LogP contribution >= 0.6 is 24.2 Å². The molecule has 25 heavy (non-hydrogen) atoms. The lowest BCUT2D eigenvalue weighted by molar-refractivity contribution is -0.131. The van der Waals surface area contributed by atoms with Crippen LogP contribution in [0.3, 0.4) is 0 Å². The van der Waals surface area contributed by atoms with Gasteiger partial charge in [-0.15, -0.1) is 24.2 Å². The van der Waals surface area contributed by atoms with Gasteiger partial charge in [0, 0.05) is 44.8 Å². The maximum absolute atomic E-state index is 12.7. The highest BCUT2D eigenvalue weighted by atomic mass is 35.5. The molecule has 7 heteroatoms. The number of carbonyl (C=O) groups excluding carboxylic acids is 1. The number of aryl methyl sites for hydroxylation is 2. The summed E-state index contributed by atoms with van der Waals surface area (Å²) in [7, 11) is 1.98. The van der Waals surface area contributed by atoms with E-state index in [1.807, 2.05) is 22.7 Å². The highest BCUT2D eigenvalue weighted by molar-refractivity contribution is 7.99. The van der Waals surface area contributed by atoms with Crippen LogP contribution in [-0.4, -0.2) is 45.7 Å². The van der Waals surface area contributed by atoms with Crippen LogP contribution in [-0.2, 0) is 17.6 Å². The van der Waals surface area contributed by atoms with E-state index in [0.717, 1.165) is 31.2 Å². The van der Waals surface area contributed by atoms with Crippen LogP contribution in [0.15, 0.2) is 36.7 Å². The Morgan fingerprint density at radius 3 is 2.80 bits per heavy atom. The van der Waals surface area contributed by atoms with Crippen molar-refractivity contribution >= 4 is 30.1 Å². The first-order valence-electron chi connectivity index (χ1n) is 8.26. The van der Waals surface area contributed by atoms with Crippen molar-refractivity contribution in [3.8, 4) is 0 Å². The molecule has 0 spiro atoms. The molecule has 0 radical (unpaired) electrons. The summed E-state index contributed by atoms with van der Waals surface area (Å²) in [6, 6.07) is 8.52. The molecule has 3 rings (SSSR count). The second-order valence-electron chi connectivity index (χ2n) is 6.18. The standard InChI is InChI=1S/C18H24N4OS.ClH/c1-14-3-5-15(6-4-14)12-24-13-17(23)22-10-7-19-11-16(22)18-20-8-9-21(18)2;/h3-6,8-9,16,19H,7,10-13H2,1-2H3;1H. The molecule has 1 saturated heterocycles. The van der Waals surface area contributed by atoms with Crippen LogP contribution in [0.5, 0.6) is 0 Å². The number of halogens is 1. The number of hydrogen-bond acceptors (Lipinski definition) is 4. The fourth-order valence-electron chi connectivity index (χ4n) is 2.96. The van der Waals surface area contributed by atoms with E-state index < -0.39 is 0 Å². The Labute approximate surface area is 159 Å². The summed E-state index contributed by atoms with van der Waals surface area (Å²) in [6.45, 7) is 4.43. The summed E-state index contributed by atoms with van der Waals surface area (Å²) in [5.41, 5.74) is 2.53. The number of piperazine rings is 1. The van der Waals surface area contributed by atoms with Crippen molar-refractivity contribution in [2.45, 2.75) is 18.7 Å². The molecule has 1 aromatic carbocycles. The summed E-state index contributed by atoms with van der Waals surface area (Å²) < 4.78 is 2.00. The summed E-state index contributed by atoms with van der Waals surface area (Å²) in [5.74, 6) is 2.51. The highest BCUT2D eigenvalue weighted by Crippen LogP contribution is 2.22. The fourth-order valence-corrected chi connectivity index (χ4v) is 3.83. The molecule has 136 valence electrons. The Morgan fingerprint density at radius 2 is 2.12 bits per heavy atom. The monoisotopic (exact) mass is 380 g/mol. The summed E-state index contributed by atoms with van der Waals surface area (Å²) in [4.78, 5) is 19.1. The van der Waals surface area contributed by atoms with E-state index in [1.54, 1.807) is 18.0 Å². The zero-order valence-electron chi connectivity index (χ0n) is 14.6. The average Bonchev–Trinajstić information content (AvgIpc) is 3.02. The molecule has 1 N–H and O–H groups in total. The average molecular weight is 381 g/mol. The van der Waals surface area contributed by atoms with Gasteiger partial charge in [0.15, 0.2) is 0 Å². The lowest BCUT2D eigenvalue weighted by Gasteiger charge is -2.35. The number of nitrogens with one attached hydrogen (secondary N) is 1. The highest BCUT2D eigenvalue weighted by Gasteiger charge is 2.30. The maximum atomic E-state index is 12.7. The van der Waals surface area contributed by atoms with Gasteiger partial charge in [0.1, 0.15) is 11.9 Å². The van der Waals surface area contributed by atoms with Gasteiger partial charge in [0.25, 0.3) is 0 Å². The van der Waals surface area contributed by atoms with Crippen molar-refractivity contribution in [3.63, 3.8) is 0 Å². The Hall–Kier alpha value is -1.50. The first-order valence-corrected chi connectivity index (χ1v) is 9.41. The summed E-state index contributed by atoms with van der Waals surface area (Å²) in [6.07, 6.45) is 3.72. The van der Waals surface area contributed by atoms with E-state index in [-0.39, 0.29) is 24.4 Å². The molecule has 0 aliphatic carbocycles. The molecular weight excluding hydrogens is 356 g/mol. The molecule has 1 unspecified atom stereocenters. The van der Waals surface area contributed by atoms with Gasteiger partial charge in [-0.3, -0.25) is 4.79 Å². The molecule has 2 heterocycles. The van der Waals surface area contributed by atoms with Gasteiger partial charge in [-0.1, -0.05) is 29.8 Å². The van der Waals surface area contributed by atoms with Crippen molar-refractivity contribution < 1.29 is 4.79 Å². The number of amides is 1. The normalized spacial score (nSPS) is 17.2. The topological polar surface area (TPSA) is 50.2 Å². The third-order valence-corrected chi connectivity index (χ3v) is 5.32. The van der Waals surface area contributed by atoms with Gasteiger partial charge in [-0.25, -0.2) is 4.98 Å². The van der Waals surface area contributed by atoms with Gasteiger partial charge < -0.3 is 14.8 Å². The van der Waals surface area contributed by atoms with Gasteiger partial charge in [0.2, 0.25) is 5.91 Å². The lowest BCUT2D eigenvalue weighted by atomic mass is 10.1. The number of thioether (sulfide) groups is 1. The van der Waals surface area contributed by atoms with Crippen LogP contribution in [0.4, 0.5) is 0 Å². The quantitative estimate of drug-likeness (QED) is 0.866. The molecular formula is C18H25ClN4OS. The smallest absolute Gasteiger partial charge is 0.233 e. The molecule has 1 fully saturated rings. The van der Waals surface area contributed by atoms with Crippen molar-refractivity contribution in [3.05, 3.63) is 53.6 Å². The summed E-state index contributed by atoms with van der Waals surface area (Å²) >= 11 is 1.68. The van der Waals surface area contributed by atoms with E-state index >= 15 is 0 Å². The van der Waals surface area contributed by atoms with E-state index in [0.29, 0.717) is 5.75 Å². The van der Waals surface area contributed by atoms with Crippen molar-refractivity contribution in [1.29, 1.82) is 0 Å². The van der Waals surface area contributed by atoms with E-state index in [2.05, 4.69) is 41.5 Å². The largest absolute Gasteiger partial charge is 0.336 e. The third kappa shape index (κ3) is 5.00. The Morgan fingerprint density at radius 1 is 1.36 bits per heavy atom. The second kappa shape index (κ2) is 9.27. The van der Waals surface area contributed by atoms with Gasteiger partial charge in [-0.05, 0) is 12.5 Å². The van der Waals surface area contributed by atoms with Gasteiger partial charge >= 0.3 is 0 Å². The van der Waals surface area contributed by atoms with Crippen LogP contribution < -0.4 is 5.32 Å². The number of benzene rings is 1. The van der Waals surface area contributed by atoms with E-state index in [9.17, 15) is 4.79 Å². The number of rotatable bonds is 5. The molecule has 1 aliphatic heterocycles. The zero-order chi connectivity index (χ0) is 16.9. The van der Waals surface area contributed by atoms with Gasteiger partial charge in [0.05, 0.1) is 5.75 Å². The van der Waals surface area contributed by atoms with Crippen LogP contribution in [0.2, 0.25) is 0 Å². The zero-order valence-corrected chi connectivity index (χ0v) is 16.3. The second-order valence-corrected chi connectivity index (χ2v) is 7.17. The molecule has 1 amide bonds. The van der Waals surface area contributed by atoms with Crippen molar-refractivity contribution in [2.24, 2.45) is 7.05 Å². The first-order chi connectivity index (χ1) is 11.6. The van der Waals surface area contributed by atoms with Crippen molar-refractivity contribution in [2.75, 3.05) is 25.4 Å². The molecule has 0 saturated carbocycles. The summed E-state index contributed by atoms with van der Waals surface area (Å²) in [5, 5.41) is 3.37. The van der Waals surface area contributed by atoms with E-state index in [4.69, 9.17) is 0 Å². The van der Waals surface area contributed by atoms with Crippen LogP contribution in [0, 0.1) is 6.92 Å². The fraction of sp³-hybridized carbons (Fsp3) is 0.444. The van der Waals surface area contributed by atoms with E-state index in [1.165, 1.54) is 11.1 Å². The van der Waals surface area contributed by atoms with Crippen LogP contribution in [0.1, 0.15) is 23.0 Å². The maximum Gasteiger partial charge on any atom is 0.233 e. The SMILES string of the molecule is Cc1ccc(CSCC(=O)N2CCNCC2c2nccn2C)cc1.Cl. The molecule has 1 aromatic heterocycles. The molecule has 5 nitrogen and oxygen atoms in total. The van der Waals surface area contributed by atoms with Crippen LogP contribution in [0.25, 0.3) is 0 Å². The molecule has 0 bridgehead atoms. The first kappa shape index (κ1) is 19.8. The predicted molar refractivity (Wildman–Crippen MR) is 105 cm³/mol. The number of carbonyl (C=O) groups is 1. The Bertz CT molecular complexity index is 689.